The monoisotopic (exact) mass is 378 g/mol. The van der Waals surface area contributed by atoms with Crippen molar-refractivity contribution >= 4 is 11.9 Å². The van der Waals surface area contributed by atoms with Crippen LogP contribution in [0.2, 0.25) is 0 Å². The number of nitrogens with zero attached hydrogens (tertiary/aromatic N) is 1. The third kappa shape index (κ3) is 4.65. The summed E-state index contributed by atoms with van der Waals surface area (Å²) in [5.74, 6) is -0.0146. The van der Waals surface area contributed by atoms with Crippen molar-refractivity contribution in [1.82, 2.24) is 10.3 Å². The molecule has 3 rings (SSSR count). The van der Waals surface area contributed by atoms with Crippen molar-refractivity contribution < 1.29 is 18.7 Å². The number of carbonyl (C=O) groups excluding carboxylic acids is 2. The van der Waals surface area contributed by atoms with Crippen molar-refractivity contribution in [2.45, 2.75) is 26.3 Å². The molecule has 144 valence electrons. The Hall–Kier alpha value is -3.41. The van der Waals surface area contributed by atoms with Gasteiger partial charge in [-0.2, -0.15) is 0 Å². The van der Waals surface area contributed by atoms with E-state index in [1.165, 1.54) is 0 Å². The number of esters is 1. The van der Waals surface area contributed by atoms with Gasteiger partial charge >= 0.3 is 5.97 Å². The molecule has 0 spiro atoms. The van der Waals surface area contributed by atoms with Gasteiger partial charge in [-0.15, -0.1) is 0 Å². The molecule has 0 unspecified atom stereocenters. The van der Waals surface area contributed by atoms with Crippen LogP contribution in [-0.4, -0.2) is 29.5 Å². The SMILES string of the molecule is CC[C@@H](C)NC(=O)COC(=O)c1ccccc1-c1ncc(-c2ccccc2)o1. The van der Waals surface area contributed by atoms with Crippen LogP contribution in [0.5, 0.6) is 0 Å². The first kappa shape index (κ1) is 19.4. The van der Waals surface area contributed by atoms with Crippen LogP contribution >= 0.6 is 0 Å². The lowest BCUT2D eigenvalue weighted by molar-refractivity contribution is -0.124. The van der Waals surface area contributed by atoms with E-state index in [9.17, 15) is 9.59 Å². The van der Waals surface area contributed by atoms with Gasteiger partial charge in [-0.25, -0.2) is 9.78 Å². The zero-order valence-corrected chi connectivity index (χ0v) is 15.8. The van der Waals surface area contributed by atoms with Crippen LogP contribution in [0.1, 0.15) is 30.6 Å². The Kier molecular flexibility index (Phi) is 6.22. The smallest absolute Gasteiger partial charge is 0.339 e. The lowest BCUT2D eigenvalue weighted by atomic mass is 10.1. The molecule has 1 heterocycles. The van der Waals surface area contributed by atoms with Gasteiger partial charge in [-0.05, 0) is 25.5 Å². The maximum Gasteiger partial charge on any atom is 0.339 e. The molecular weight excluding hydrogens is 356 g/mol. The van der Waals surface area contributed by atoms with Crippen LogP contribution < -0.4 is 5.32 Å². The molecule has 2 aromatic carbocycles. The molecule has 1 amide bonds. The van der Waals surface area contributed by atoms with Crippen molar-refractivity contribution in [3.8, 4) is 22.8 Å². The number of hydrogen-bond donors (Lipinski definition) is 1. The fourth-order valence-corrected chi connectivity index (χ4v) is 2.61. The summed E-state index contributed by atoms with van der Waals surface area (Å²) in [4.78, 5) is 28.6. The number of benzene rings is 2. The number of carbonyl (C=O) groups is 2. The molecule has 0 radical (unpaired) electrons. The largest absolute Gasteiger partial charge is 0.452 e. The second-order valence-electron chi connectivity index (χ2n) is 6.39. The second kappa shape index (κ2) is 8.99. The minimum Gasteiger partial charge on any atom is -0.452 e. The fraction of sp³-hybridized carbons (Fsp3) is 0.227. The number of aromatic nitrogens is 1. The third-order valence-electron chi connectivity index (χ3n) is 4.30. The highest BCUT2D eigenvalue weighted by Crippen LogP contribution is 2.28. The van der Waals surface area contributed by atoms with E-state index in [0.29, 0.717) is 22.8 Å². The number of ether oxygens (including phenoxy) is 1. The number of amides is 1. The van der Waals surface area contributed by atoms with Gasteiger partial charge in [0, 0.05) is 11.6 Å². The Morgan fingerprint density at radius 3 is 2.57 bits per heavy atom. The molecule has 0 aliphatic heterocycles. The third-order valence-corrected chi connectivity index (χ3v) is 4.30. The molecule has 6 heteroatoms. The van der Waals surface area contributed by atoms with Gasteiger partial charge in [0.15, 0.2) is 12.4 Å². The predicted molar refractivity (Wildman–Crippen MR) is 106 cm³/mol. The summed E-state index contributed by atoms with van der Waals surface area (Å²) in [5, 5.41) is 2.76. The van der Waals surface area contributed by atoms with E-state index in [1.54, 1.807) is 30.5 Å². The number of hydrogen-bond acceptors (Lipinski definition) is 5. The number of nitrogens with one attached hydrogen (secondary N) is 1. The lowest BCUT2D eigenvalue weighted by Gasteiger charge is -2.12. The van der Waals surface area contributed by atoms with E-state index in [4.69, 9.17) is 9.15 Å². The van der Waals surface area contributed by atoms with Crippen molar-refractivity contribution in [1.29, 1.82) is 0 Å². The molecule has 1 atom stereocenters. The van der Waals surface area contributed by atoms with Crippen LogP contribution in [0.15, 0.2) is 65.2 Å². The molecule has 28 heavy (non-hydrogen) atoms. The average Bonchev–Trinajstić information content (AvgIpc) is 3.22. The van der Waals surface area contributed by atoms with Gasteiger partial charge in [0.05, 0.1) is 17.3 Å². The minimum absolute atomic E-state index is 0.0298. The topological polar surface area (TPSA) is 81.4 Å². The first-order valence-electron chi connectivity index (χ1n) is 9.15. The quantitative estimate of drug-likeness (QED) is 0.627. The average molecular weight is 378 g/mol. The maximum atomic E-state index is 12.5. The van der Waals surface area contributed by atoms with E-state index < -0.39 is 5.97 Å². The number of rotatable bonds is 7. The summed E-state index contributed by atoms with van der Waals surface area (Å²) >= 11 is 0. The van der Waals surface area contributed by atoms with E-state index in [-0.39, 0.29) is 18.6 Å². The van der Waals surface area contributed by atoms with E-state index in [0.717, 1.165) is 12.0 Å². The maximum absolute atomic E-state index is 12.5. The Morgan fingerprint density at radius 1 is 1.11 bits per heavy atom. The summed E-state index contributed by atoms with van der Waals surface area (Å²) in [6, 6.07) is 16.5. The molecule has 0 bridgehead atoms. The standard InChI is InChI=1S/C22H22N2O4/c1-3-15(2)24-20(25)14-27-22(26)18-12-8-7-11-17(18)21-23-13-19(28-21)16-9-5-4-6-10-16/h4-13,15H,3,14H2,1-2H3,(H,24,25)/t15-/m1/s1. The van der Waals surface area contributed by atoms with Crippen molar-refractivity contribution in [2.24, 2.45) is 0 Å². The molecule has 1 N–H and O–H groups in total. The van der Waals surface area contributed by atoms with E-state index >= 15 is 0 Å². The summed E-state index contributed by atoms with van der Waals surface area (Å²) in [7, 11) is 0. The van der Waals surface area contributed by atoms with E-state index in [1.807, 2.05) is 44.2 Å². The normalized spacial score (nSPS) is 11.6. The summed E-state index contributed by atoms with van der Waals surface area (Å²) in [6.45, 7) is 3.52. The van der Waals surface area contributed by atoms with Crippen molar-refractivity contribution in [2.75, 3.05) is 6.61 Å². The van der Waals surface area contributed by atoms with Crippen LogP contribution in [0, 0.1) is 0 Å². The molecule has 0 aliphatic carbocycles. The molecule has 1 aromatic heterocycles. The Morgan fingerprint density at radius 2 is 1.82 bits per heavy atom. The van der Waals surface area contributed by atoms with Gasteiger partial charge in [0.25, 0.3) is 5.91 Å². The number of oxazole rings is 1. The Labute approximate surface area is 163 Å². The van der Waals surface area contributed by atoms with Crippen molar-refractivity contribution in [3.05, 3.63) is 66.4 Å². The first-order chi connectivity index (χ1) is 13.6. The Balaban J connectivity index is 1.75. The van der Waals surface area contributed by atoms with Gasteiger partial charge < -0.3 is 14.5 Å². The van der Waals surface area contributed by atoms with Crippen molar-refractivity contribution in [3.63, 3.8) is 0 Å². The zero-order chi connectivity index (χ0) is 19.9. The van der Waals surface area contributed by atoms with Gasteiger partial charge in [0.1, 0.15) is 0 Å². The van der Waals surface area contributed by atoms with Gasteiger partial charge in [-0.3, -0.25) is 4.79 Å². The van der Waals surface area contributed by atoms with Crippen LogP contribution in [0.3, 0.4) is 0 Å². The van der Waals surface area contributed by atoms with Gasteiger partial charge in [-0.1, -0.05) is 49.4 Å². The molecule has 0 fully saturated rings. The molecule has 0 saturated carbocycles. The highest BCUT2D eigenvalue weighted by molar-refractivity contribution is 5.97. The van der Waals surface area contributed by atoms with Gasteiger partial charge in [0.2, 0.25) is 5.89 Å². The van der Waals surface area contributed by atoms with E-state index in [2.05, 4.69) is 10.3 Å². The Bertz CT molecular complexity index is 950. The highest BCUT2D eigenvalue weighted by Gasteiger charge is 2.19. The molecular formula is C22H22N2O4. The lowest BCUT2D eigenvalue weighted by Crippen LogP contribution is -2.35. The summed E-state index contributed by atoms with van der Waals surface area (Å²) < 4.78 is 11.0. The first-order valence-corrected chi connectivity index (χ1v) is 9.15. The molecule has 3 aromatic rings. The molecule has 6 nitrogen and oxygen atoms in total. The summed E-state index contributed by atoms with van der Waals surface area (Å²) in [6.07, 6.45) is 2.42. The second-order valence-corrected chi connectivity index (χ2v) is 6.39. The minimum atomic E-state index is -0.602. The zero-order valence-electron chi connectivity index (χ0n) is 15.8. The van der Waals surface area contributed by atoms with Crippen LogP contribution in [-0.2, 0) is 9.53 Å². The van der Waals surface area contributed by atoms with Crippen LogP contribution in [0.25, 0.3) is 22.8 Å². The fourth-order valence-electron chi connectivity index (χ4n) is 2.61. The van der Waals surface area contributed by atoms with Crippen LogP contribution in [0.4, 0.5) is 0 Å². The molecule has 0 aliphatic rings. The molecule has 0 saturated heterocycles. The summed E-state index contributed by atoms with van der Waals surface area (Å²) in [5.41, 5.74) is 1.69. The predicted octanol–water partition coefficient (Wildman–Crippen LogP) is 4.08. The highest BCUT2D eigenvalue weighted by atomic mass is 16.5.